The molecule has 0 bridgehead atoms. The van der Waals surface area contributed by atoms with Crippen molar-refractivity contribution in [2.45, 2.75) is 6.54 Å². The molecule has 0 saturated heterocycles. The summed E-state index contributed by atoms with van der Waals surface area (Å²) in [6.07, 6.45) is 1.75. The van der Waals surface area contributed by atoms with Gasteiger partial charge in [0.1, 0.15) is 5.82 Å². The molecule has 2 rings (SSSR count). The van der Waals surface area contributed by atoms with Gasteiger partial charge in [-0.2, -0.15) is 0 Å². The fourth-order valence-corrected chi connectivity index (χ4v) is 2.01. The first kappa shape index (κ1) is 15.8. The average Bonchev–Trinajstić information content (AvgIpc) is 2.53. The average molecular weight is 298 g/mol. The number of hydrogen-bond acceptors (Lipinski definition) is 4. The van der Waals surface area contributed by atoms with Crippen molar-refractivity contribution in [2.75, 3.05) is 38.0 Å². The van der Waals surface area contributed by atoms with Crippen LogP contribution in [-0.4, -0.2) is 39.1 Å². The molecule has 0 unspecified atom stereocenters. The van der Waals surface area contributed by atoms with Crippen LogP contribution in [-0.2, 0) is 6.54 Å². The molecule has 1 aromatic carbocycles. The van der Waals surface area contributed by atoms with Gasteiger partial charge in [0, 0.05) is 52.2 Å². The third-order valence-electron chi connectivity index (χ3n) is 3.37. The monoisotopic (exact) mass is 298 g/mol. The van der Waals surface area contributed by atoms with Crippen molar-refractivity contribution < 1.29 is 4.79 Å². The second-order valence-corrected chi connectivity index (χ2v) is 5.54. The Morgan fingerprint density at radius 2 is 1.73 bits per heavy atom. The number of amides is 1. The Kier molecular flexibility index (Phi) is 4.99. The van der Waals surface area contributed by atoms with Gasteiger partial charge in [0.15, 0.2) is 0 Å². The number of anilines is 2. The van der Waals surface area contributed by atoms with E-state index < -0.39 is 0 Å². The molecule has 0 aliphatic heterocycles. The smallest absolute Gasteiger partial charge is 0.251 e. The third-order valence-corrected chi connectivity index (χ3v) is 3.37. The van der Waals surface area contributed by atoms with Gasteiger partial charge >= 0.3 is 0 Å². The van der Waals surface area contributed by atoms with Gasteiger partial charge in [0.05, 0.1) is 0 Å². The van der Waals surface area contributed by atoms with Crippen molar-refractivity contribution in [1.29, 1.82) is 0 Å². The topological polar surface area (TPSA) is 48.5 Å². The molecule has 0 saturated carbocycles. The highest BCUT2D eigenvalue weighted by Crippen LogP contribution is 2.13. The number of nitrogens with one attached hydrogen (secondary N) is 1. The first-order valence-corrected chi connectivity index (χ1v) is 7.15. The normalized spacial score (nSPS) is 10.2. The number of carbonyl (C=O) groups excluding carboxylic acids is 1. The van der Waals surface area contributed by atoms with Gasteiger partial charge in [-0.3, -0.25) is 4.79 Å². The lowest BCUT2D eigenvalue weighted by Gasteiger charge is -2.13. The van der Waals surface area contributed by atoms with E-state index in [4.69, 9.17) is 0 Å². The number of carbonyl (C=O) groups is 1. The summed E-state index contributed by atoms with van der Waals surface area (Å²) in [7, 11) is 7.83. The fraction of sp³-hybridized carbons (Fsp3) is 0.294. The summed E-state index contributed by atoms with van der Waals surface area (Å²) in [5.41, 5.74) is 2.76. The Balaban J connectivity index is 1.99. The minimum absolute atomic E-state index is 0.0754. The molecule has 22 heavy (non-hydrogen) atoms. The summed E-state index contributed by atoms with van der Waals surface area (Å²) in [5, 5.41) is 2.93. The highest BCUT2D eigenvalue weighted by molar-refractivity contribution is 5.94. The Bertz CT molecular complexity index is 635. The van der Waals surface area contributed by atoms with E-state index in [1.807, 2.05) is 74.4 Å². The molecule has 0 aliphatic carbocycles. The molecular formula is C17H22N4O. The van der Waals surface area contributed by atoms with E-state index in [-0.39, 0.29) is 5.91 Å². The maximum atomic E-state index is 12.2. The predicted octanol–water partition coefficient (Wildman–Crippen LogP) is 2.14. The second kappa shape index (κ2) is 6.93. The first-order chi connectivity index (χ1) is 10.5. The van der Waals surface area contributed by atoms with Crippen molar-refractivity contribution in [3.63, 3.8) is 0 Å². The van der Waals surface area contributed by atoms with Crippen LogP contribution in [0.2, 0.25) is 0 Å². The molecule has 0 fully saturated rings. The van der Waals surface area contributed by atoms with Crippen LogP contribution in [0.3, 0.4) is 0 Å². The lowest BCUT2D eigenvalue weighted by Crippen LogP contribution is -2.23. The summed E-state index contributed by atoms with van der Waals surface area (Å²) in [4.78, 5) is 20.4. The van der Waals surface area contributed by atoms with Crippen LogP contribution in [0.5, 0.6) is 0 Å². The van der Waals surface area contributed by atoms with Gasteiger partial charge in [-0.25, -0.2) is 4.98 Å². The van der Waals surface area contributed by atoms with E-state index >= 15 is 0 Å². The molecule has 2 aromatic rings. The fourth-order valence-electron chi connectivity index (χ4n) is 2.01. The van der Waals surface area contributed by atoms with Gasteiger partial charge in [-0.05, 0) is 42.0 Å². The van der Waals surface area contributed by atoms with E-state index in [1.54, 1.807) is 6.20 Å². The molecule has 1 aromatic heterocycles. The Morgan fingerprint density at radius 1 is 1.05 bits per heavy atom. The van der Waals surface area contributed by atoms with Crippen LogP contribution in [0.4, 0.5) is 11.5 Å². The van der Waals surface area contributed by atoms with Crippen LogP contribution in [0.25, 0.3) is 0 Å². The zero-order valence-corrected chi connectivity index (χ0v) is 13.5. The number of benzene rings is 1. The molecule has 1 heterocycles. The number of pyridine rings is 1. The molecule has 1 amide bonds. The first-order valence-electron chi connectivity index (χ1n) is 7.15. The minimum Gasteiger partial charge on any atom is -0.378 e. The lowest BCUT2D eigenvalue weighted by molar-refractivity contribution is 0.0951. The molecule has 0 aliphatic rings. The van der Waals surface area contributed by atoms with Gasteiger partial charge in [-0.15, -0.1) is 0 Å². The van der Waals surface area contributed by atoms with E-state index in [9.17, 15) is 4.79 Å². The molecule has 116 valence electrons. The summed E-state index contributed by atoms with van der Waals surface area (Å²) in [5.74, 6) is 0.801. The molecule has 5 nitrogen and oxygen atoms in total. The van der Waals surface area contributed by atoms with Gasteiger partial charge in [0.2, 0.25) is 0 Å². The number of rotatable bonds is 5. The van der Waals surface area contributed by atoms with Crippen LogP contribution in [0.15, 0.2) is 42.6 Å². The Labute approximate surface area is 131 Å². The Morgan fingerprint density at radius 3 is 2.32 bits per heavy atom. The van der Waals surface area contributed by atoms with Crippen molar-refractivity contribution in [3.8, 4) is 0 Å². The van der Waals surface area contributed by atoms with Gasteiger partial charge < -0.3 is 15.1 Å². The lowest BCUT2D eigenvalue weighted by atomic mass is 10.2. The van der Waals surface area contributed by atoms with Crippen LogP contribution < -0.4 is 15.1 Å². The van der Waals surface area contributed by atoms with Crippen molar-refractivity contribution in [2.24, 2.45) is 0 Å². The largest absolute Gasteiger partial charge is 0.378 e. The highest BCUT2D eigenvalue weighted by Gasteiger charge is 2.06. The highest BCUT2D eigenvalue weighted by atomic mass is 16.1. The van der Waals surface area contributed by atoms with Crippen LogP contribution in [0, 0.1) is 0 Å². The van der Waals surface area contributed by atoms with Crippen LogP contribution >= 0.6 is 0 Å². The maximum Gasteiger partial charge on any atom is 0.251 e. The van der Waals surface area contributed by atoms with Gasteiger partial charge in [-0.1, -0.05) is 0 Å². The van der Waals surface area contributed by atoms with E-state index in [0.29, 0.717) is 12.1 Å². The molecule has 0 spiro atoms. The number of hydrogen-bond donors (Lipinski definition) is 1. The molecule has 0 radical (unpaired) electrons. The molecule has 1 N–H and O–H groups in total. The molecule has 0 atom stereocenters. The van der Waals surface area contributed by atoms with E-state index in [2.05, 4.69) is 10.3 Å². The van der Waals surface area contributed by atoms with Crippen molar-refractivity contribution in [1.82, 2.24) is 10.3 Å². The van der Waals surface area contributed by atoms with Gasteiger partial charge in [0.25, 0.3) is 5.91 Å². The van der Waals surface area contributed by atoms with Crippen LogP contribution in [0.1, 0.15) is 15.9 Å². The zero-order chi connectivity index (χ0) is 16.1. The minimum atomic E-state index is -0.0754. The second-order valence-electron chi connectivity index (χ2n) is 5.54. The molecule has 5 heteroatoms. The van der Waals surface area contributed by atoms with Crippen molar-refractivity contribution >= 4 is 17.4 Å². The van der Waals surface area contributed by atoms with E-state index in [0.717, 1.165) is 17.1 Å². The maximum absolute atomic E-state index is 12.2. The number of aromatic nitrogens is 1. The Hall–Kier alpha value is -2.56. The van der Waals surface area contributed by atoms with Crippen molar-refractivity contribution in [3.05, 3.63) is 53.7 Å². The summed E-state index contributed by atoms with van der Waals surface area (Å²) >= 11 is 0. The zero-order valence-electron chi connectivity index (χ0n) is 13.5. The summed E-state index contributed by atoms with van der Waals surface area (Å²) in [6, 6.07) is 11.4. The standard InChI is InChI=1S/C17H22N4O/c1-20(2)15-7-5-14(6-8-15)17(22)19-12-13-9-10-18-16(11-13)21(3)4/h5-11H,12H2,1-4H3,(H,19,22). The number of nitrogens with zero attached hydrogens (tertiary/aromatic N) is 3. The predicted molar refractivity (Wildman–Crippen MR) is 90.5 cm³/mol. The summed E-state index contributed by atoms with van der Waals surface area (Å²) < 4.78 is 0. The SMILES string of the molecule is CN(C)c1ccc(C(=O)NCc2ccnc(N(C)C)c2)cc1. The quantitative estimate of drug-likeness (QED) is 0.919. The summed E-state index contributed by atoms with van der Waals surface area (Å²) in [6.45, 7) is 0.484. The third kappa shape index (κ3) is 3.97. The van der Waals surface area contributed by atoms with E-state index in [1.165, 1.54) is 0 Å². The molecular weight excluding hydrogens is 276 g/mol.